The van der Waals surface area contributed by atoms with Gasteiger partial charge in [0.2, 0.25) is 5.91 Å². The molecule has 1 fully saturated rings. The summed E-state index contributed by atoms with van der Waals surface area (Å²) in [5.74, 6) is 1.18. The fourth-order valence-corrected chi connectivity index (χ4v) is 5.63. The number of amides is 1. The molecule has 220 valence electrons. The van der Waals surface area contributed by atoms with E-state index in [0.717, 1.165) is 72.5 Å². The Morgan fingerprint density at radius 2 is 1.74 bits per heavy atom. The third-order valence-electron chi connectivity index (χ3n) is 8.21. The van der Waals surface area contributed by atoms with Crippen LogP contribution in [0.2, 0.25) is 0 Å². The molecule has 1 N–H and O–H groups in total. The van der Waals surface area contributed by atoms with Crippen LogP contribution in [0.15, 0.2) is 62.6 Å². The van der Waals surface area contributed by atoms with Crippen LogP contribution < -0.4 is 11.3 Å². The lowest BCUT2D eigenvalue weighted by Gasteiger charge is -2.30. The Labute approximate surface area is 245 Å². The van der Waals surface area contributed by atoms with Gasteiger partial charge in [-0.05, 0) is 48.3 Å². The van der Waals surface area contributed by atoms with Gasteiger partial charge in [-0.25, -0.2) is 9.78 Å². The molecule has 42 heavy (non-hydrogen) atoms. The van der Waals surface area contributed by atoms with Crippen molar-refractivity contribution < 1.29 is 9.32 Å². The highest BCUT2D eigenvalue weighted by atomic mass is 16.5. The van der Waals surface area contributed by atoms with Gasteiger partial charge in [-0.2, -0.15) is 0 Å². The normalized spacial score (nSPS) is 13.9. The second-order valence-corrected chi connectivity index (χ2v) is 11.2. The molecular weight excluding hydrogens is 530 g/mol. The fraction of sp³-hybridized carbons (Fsp3) is 0.424. The van der Waals surface area contributed by atoms with Gasteiger partial charge in [0.15, 0.2) is 5.82 Å². The predicted molar refractivity (Wildman–Crippen MR) is 162 cm³/mol. The van der Waals surface area contributed by atoms with Gasteiger partial charge in [-0.3, -0.25) is 23.7 Å². The molecule has 0 aliphatic carbocycles. The van der Waals surface area contributed by atoms with E-state index in [0.29, 0.717) is 36.7 Å². The lowest BCUT2D eigenvalue weighted by atomic mass is 9.98. The summed E-state index contributed by atoms with van der Waals surface area (Å²) < 4.78 is 6.47. The topological polar surface area (TPSA) is 114 Å². The number of likely N-dealkylation sites (tertiary alicyclic amines) is 1. The van der Waals surface area contributed by atoms with E-state index in [4.69, 9.17) is 9.51 Å². The van der Waals surface area contributed by atoms with Crippen LogP contribution in [0.3, 0.4) is 0 Å². The minimum absolute atomic E-state index is 0.0137. The highest BCUT2D eigenvalue weighted by Crippen LogP contribution is 2.30. The molecule has 3 heterocycles. The van der Waals surface area contributed by atoms with Crippen molar-refractivity contribution in [3.8, 4) is 22.5 Å². The van der Waals surface area contributed by atoms with Crippen LogP contribution in [-0.4, -0.2) is 43.6 Å². The summed E-state index contributed by atoms with van der Waals surface area (Å²) >= 11 is 0. The lowest BCUT2D eigenvalue weighted by Crippen LogP contribution is -2.40. The summed E-state index contributed by atoms with van der Waals surface area (Å²) in [5.41, 5.74) is 4.70. The second kappa shape index (κ2) is 13.1. The van der Waals surface area contributed by atoms with Crippen molar-refractivity contribution in [1.29, 1.82) is 0 Å². The van der Waals surface area contributed by atoms with Gasteiger partial charge < -0.3 is 4.90 Å². The van der Waals surface area contributed by atoms with Crippen molar-refractivity contribution in [3.05, 3.63) is 92.1 Å². The predicted octanol–water partition coefficient (Wildman–Crippen LogP) is 5.01. The number of piperidine rings is 1. The van der Waals surface area contributed by atoms with E-state index in [1.807, 2.05) is 60.4 Å². The standard InChI is InChI=1S/C33H39N5O4/c1-4-6-11-29-34-28(5-2)27(20-30(39)37-18-16-22(3)17-19-37)32(40)38(29)21-23-12-14-24(15-13-23)25-9-7-8-10-26(25)31-35-33(41)42-36-31/h7-10,12-15,22H,4-6,11,16-21H2,1-3H3,(H,35,36,41). The molecule has 0 radical (unpaired) electrons. The minimum atomic E-state index is -0.603. The van der Waals surface area contributed by atoms with Crippen LogP contribution in [0.1, 0.15) is 69.1 Å². The zero-order valence-electron chi connectivity index (χ0n) is 24.7. The molecule has 0 unspecified atom stereocenters. The highest BCUT2D eigenvalue weighted by molar-refractivity contribution is 5.80. The number of carbonyl (C=O) groups excluding carboxylic acids is 1. The number of hydrogen-bond donors (Lipinski definition) is 1. The van der Waals surface area contributed by atoms with Crippen molar-refractivity contribution in [1.82, 2.24) is 24.6 Å². The van der Waals surface area contributed by atoms with Crippen molar-refractivity contribution >= 4 is 5.91 Å². The second-order valence-electron chi connectivity index (χ2n) is 11.2. The monoisotopic (exact) mass is 569 g/mol. The average molecular weight is 570 g/mol. The number of aromatic nitrogens is 4. The number of nitrogens with one attached hydrogen (secondary N) is 1. The van der Waals surface area contributed by atoms with Crippen LogP contribution in [0.25, 0.3) is 22.5 Å². The summed E-state index contributed by atoms with van der Waals surface area (Å²) in [6.45, 7) is 8.21. The summed E-state index contributed by atoms with van der Waals surface area (Å²) in [5, 5.41) is 3.85. The smallest absolute Gasteiger partial charge is 0.342 e. The first-order valence-corrected chi connectivity index (χ1v) is 15.0. The molecule has 0 spiro atoms. The lowest BCUT2D eigenvalue weighted by molar-refractivity contribution is -0.131. The van der Waals surface area contributed by atoms with Gasteiger partial charge in [0.25, 0.3) is 5.56 Å². The van der Waals surface area contributed by atoms with Crippen LogP contribution in [-0.2, 0) is 30.6 Å². The molecule has 9 heteroatoms. The van der Waals surface area contributed by atoms with E-state index in [1.165, 1.54) is 0 Å². The number of rotatable bonds is 10. The first-order valence-electron chi connectivity index (χ1n) is 15.0. The third kappa shape index (κ3) is 6.45. The Morgan fingerprint density at radius 3 is 2.38 bits per heavy atom. The van der Waals surface area contributed by atoms with E-state index in [-0.39, 0.29) is 17.9 Å². The number of hydrogen-bond acceptors (Lipinski definition) is 6. The van der Waals surface area contributed by atoms with Crippen molar-refractivity contribution in [2.24, 2.45) is 5.92 Å². The van der Waals surface area contributed by atoms with Gasteiger partial charge in [-0.1, -0.05) is 80.9 Å². The molecule has 1 saturated heterocycles. The number of aryl methyl sites for hydroxylation is 2. The van der Waals surface area contributed by atoms with E-state index in [1.54, 1.807) is 4.57 Å². The average Bonchev–Trinajstić information content (AvgIpc) is 3.45. The Kier molecular flexibility index (Phi) is 9.15. The number of carbonyl (C=O) groups is 1. The number of nitrogens with zero attached hydrogens (tertiary/aromatic N) is 4. The SMILES string of the molecule is CCCCc1nc(CC)c(CC(=O)N2CCC(C)CC2)c(=O)n1Cc1ccc(-c2ccccc2-c2noc(=O)[nH]2)cc1. The van der Waals surface area contributed by atoms with E-state index >= 15 is 0 Å². The van der Waals surface area contributed by atoms with Crippen molar-refractivity contribution in [2.75, 3.05) is 13.1 Å². The van der Waals surface area contributed by atoms with Crippen LogP contribution in [0, 0.1) is 5.92 Å². The summed E-state index contributed by atoms with van der Waals surface area (Å²) in [6.07, 6.45) is 5.34. The molecule has 0 bridgehead atoms. The Hall–Kier alpha value is -4.27. The van der Waals surface area contributed by atoms with Gasteiger partial charge in [0.05, 0.1) is 18.7 Å². The quantitative estimate of drug-likeness (QED) is 0.287. The first-order chi connectivity index (χ1) is 20.4. The molecule has 1 amide bonds. The molecule has 5 rings (SSSR count). The summed E-state index contributed by atoms with van der Waals surface area (Å²) in [6, 6.07) is 15.7. The summed E-state index contributed by atoms with van der Waals surface area (Å²) in [7, 11) is 0. The third-order valence-corrected chi connectivity index (χ3v) is 8.21. The minimum Gasteiger partial charge on any atom is -0.342 e. The highest BCUT2D eigenvalue weighted by Gasteiger charge is 2.24. The van der Waals surface area contributed by atoms with Gasteiger partial charge >= 0.3 is 5.76 Å². The number of benzene rings is 2. The molecule has 9 nitrogen and oxygen atoms in total. The van der Waals surface area contributed by atoms with Gasteiger partial charge in [-0.15, -0.1) is 0 Å². The van der Waals surface area contributed by atoms with E-state index in [9.17, 15) is 14.4 Å². The zero-order chi connectivity index (χ0) is 29.6. The Bertz CT molecular complexity index is 1640. The molecule has 2 aromatic heterocycles. The number of H-pyrrole nitrogens is 1. The largest absolute Gasteiger partial charge is 0.439 e. The molecule has 1 aliphatic rings. The molecular formula is C33H39N5O4. The van der Waals surface area contributed by atoms with Crippen LogP contribution in [0.4, 0.5) is 0 Å². The molecule has 0 atom stereocenters. The number of unbranched alkanes of at least 4 members (excludes halogenated alkanes) is 1. The Balaban J connectivity index is 1.45. The van der Waals surface area contributed by atoms with Gasteiger partial charge in [0.1, 0.15) is 5.82 Å². The summed E-state index contributed by atoms with van der Waals surface area (Å²) in [4.78, 5) is 48.3. The molecule has 2 aromatic carbocycles. The Morgan fingerprint density at radius 1 is 1.02 bits per heavy atom. The maximum atomic E-state index is 14.0. The first kappa shape index (κ1) is 29.2. The molecule has 0 saturated carbocycles. The van der Waals surface area contributed by atoms with Crippen molar-refractivity contribution in [3.63, 3.8) is 0 Å². The molecule has 4 aromatic rings. The maximum Gasteiger partial charge on any atom is 0.439 e. The van der Waals surface area contributed by atoms with Crippen LogP contribution >= 0.6 is 0 Å². The zero-order valence-corrected chi connectivity index (χ0v) is 24.7. The van der Waals surface area contributed by atoms with Crippen LogP contribution in [0.5, 0.6) is 0 Å². The maximum absolute atomic E-state index is 14.0. The van der Waals surface area contributed by atoms with Gasteiger partial charge in [0, 0.05) is 30.6 Å². The van der Waals surface area contributed by atoms with Crippen molar-refractivity contribution in [2.45, 2.75) is 72.3 Å². The number of aromatic amines is 1. The van der Waals surface area contributed by atoms with E-state index < -0.39 is 5.76 Å². The fourth-order valence-electron chi connectivity index (χ4n) is 5.63. The van der Waals surface area contributed by atoms with E-state index in [2.05, 4.69) is 24.0 Å². The molecule has 1 aliphatic heterocycles.